The maximum atomic E-state index is 13.4. The first-order chi connectivity index (χ1) is 16.6. The smallest absolute Gasteiger partial charge is 0.295 e. The number of carbonyl (C=O) groups is 2. The number of likely N-dealkylation sites (tertiary alicyclic amines) is 1. The highest BCUT2D eigenvalue weighted by molar-refractivity contribution is 6.46. The zero-order chi connectivity index (χ0) is 25.5. The zero-order valence-corrected chi connectivity index (χ0v) is 20.9. The molecule has 1 heterocycles. The number of amides is 1. The summed E-state index contributed by atoms with van der Waals surface area (Å²) >= 11 is 0. The Hall–Kier alpha value is -3.48. The monoisotopic (exact) mass is 479 g/mol. The number of ketones is 1. The normalized spacial score (nSPS) is 20.5. The molecule has 0 radical (unpaired) electrons. The molecule has 0 aromatic heterocycles. The third kappa shape index (κ3) is 4.35. The number of hydrogen-bond donors (Lipinski definition) is 2. The zero-order valence-electron chi connectivity index (χ0n) is 20.9. The van der Waals surface area contributed by atoms with E-state index in [4.69, 9.17) is 9.47 Å². The fourth-order valence-corrected chi connectivity index (χ4v) is 5.12. The first-order valence-electron chi connectivity index (χ1n) is 11.9. The minimum absolute atomic E-state index is 0.00386. The van der Waals surface area contributed by atoms with E-state index in [9.17, 15) is 19.8 Å². The van der Waals surface area contributed by atoms with Gasteiger partial charge in [0.2, 0.25) is 0 Å². The van der Waals surface area contributed by atoms with E-state index in [0.29, 0.717) is 16.9 Å². The van der Waals surface area contributed by atoms with E-state index >= 15 is 0 Å². The van der Waals surface area contributed by atoms with Gasteiger partial charge in [0.05, 0.1) is 31.4 Å². The summed E-state index contributed by atoms with van der Waals surface area (Å²) in [5.74, 6) is -1.07. The number of Topliss-reactive ketones (excluding diaryl/α,β-unsaturated/α-hetero) is 1. The second-order valence-corrected chi connectivity index (χ2v) is 10.2. The van der Waals surface area contributed by atoms with Crippen molar-refractivity contribution in [2.45, 2.75) is 64.0 Å². The van der Waals surface area contributed by atoms with Crippen LogP contribution in [-0.4, -0.2) is 47.1 Å². The highest BCUT2D eigenvalue weighted by Gasteiger charge is 2.49. The standard InChI is InChI=1S/C28H33NO6/c1-28(2,3)17-11-13-21(34-4)19(15-17)25(31)23-24(16-10-12-22(35-5)20(30)14-16)29(27(33)26(23)32)18-8-6-7-9-18/h10-15,18,24,30-31H,6-9H2,1-5H3/b25-23+. The molecule has 4 rings (SSSR count). The Morgan fingerprint density at radius 1 is 0.971 bits per heavy atom. The number of methoxy groups -OCH3 is 2. The fourth-order valence-electron chi connectivity index (χ4n) is 5.12. The van der Waals surface area contributed by atoms with Gasteiger partial charge in [-0.05, 0) is 53.6 Å². The molecule has 2 fully saturated rings. The Labute approximate surface area is 206 Å². The van der Waals surface area contributed by atoms with E-state index in [0.717, 1.165) is 31.2 Å². The summed E-state index contributed by atoms with van der Waals surface area (Å²) in [7, 11) is 2.95. The van der Waals surface area contributed by atoms with Gasteiger partial charge in [-0.25, -0.2) is 0 Å². The van der Waals surface area contributed by atoms with Crippen molar-refractivity contribution in [2.75, 3.05) is 14.2 Å². The molecule has 1 unspecified atom stereocenters. The highest BCUT2D eigenvalue weighted by atomic mass is 16.5. The van der Waals surface area contributed by atoms with Gasteiger partial charge in [-0.3, -0.25) is 9.59 Å². The van der Waals surface area contributed by atoms with Crippen molar-refractivity contribution < 1.29 is 29.3 Å². The Kier molecular flexibility index (Phi) is 6.54. The molecule has 0 spiro atoms. The lowest BCUT2D eigenvalue weighted by molar-refractivity contribution is -0.141. The van der Waals surface area contributed by atoms with Crippen LogP contribution in [0.2, 0.25) is 0 Å². The van der Waals surface area contributed by atoms with Gasteiger partial charge in [-0.15, -0.1) is 0 Å². The van der Waals surface area contributed by atoms with Crippen LogP contribution in [0.1, 0.15) is 69.2 Å². The number of nitrogens with zero attached hydrogens (tertiary/aromatic N) is 1. The molecule has 1 amide bonds. The summed E-state index contributed by atoms with van der Waals surface area (Å²) in [5, 5.41) is 22.1. The van der Waals surface area contributed by atoms with Crippen LogP contribution in [-0.2, 0) is 15.0 Å². The molecule has 7 nitrogen and oxygen atoms in total. The summed E-state index contributed by atoms with van der Waals surface area (Å²) in [6, 6.07) is 9.34. The minimum Gasteiger partial charge on any atom is -0.507 e. The molecular weight excluding hydrogens is 446 g/mol. The molecule has 7 heteroatoms. The van der Waals surface area contributed by atoms with E-state index in [1.165, 1.54) is 20.3 Å². The van der Waals surface area contributed by atoms with Crippen LogP contribution in [0.15, 0.2) is 42.0 Å². The molecule has 2 aromatic rings. The molecule has 2 aromatic carbocycles. The number of aliphatic hydroxyl groups is 1. The third-order valence-electron chi connectivity index (χ3n) is 7.04. The van der Waals surface area contributed by atoms with Crippen molar-refractivity contribution in [2.24, 2.45) is 0 Å². The minimum atomic E-state index is -0.835. The summed E-state index contributed by atoms with van der Waals surface area (Å²) in [5.41, 5.74) is 1.62. The number of ether oxygens (including phenoxy) is 2. The maximum Gasteiger partial charge on any atom is 0.295 e. The molecular formula is C28H33NO6. The van der Waals surface area contributed by atoms with Crippen LogP contribution in [0.4, 0.5) is 0 Å². The number of phenolic OH excluding ortho intramolecular Hbond substituents is 1. The van der Waals surface area contributed by atoms with E-state index in [-0.39, 0.29) is 34.3 Å². The maximum absolute atomic E-state index is 13.4. The highest BCUT2D eigenvalue weighted by Crippen LogP contribution is 2.46. The lowest BCUT2D eigenvalue weighted by Crippen LogP contribution is -2.37. The Balaban J connectivity index is 1.95. The fraction of sp³-hybridized carbons (Fsp3) is 0.429. The van der Waals surface area contributed by atoms with Crippen LogP contribution in [0.25, 0.3) is 5.76 Å². The van der Waals surface area contributed by atoms with Crippen molar-refractivity contribution in [1.29, 1.82) is 0 Å². The van der Waals surface area contributed by atoms with Crippen LogP contribution in [0.5, 0.6) is 17.2 Å². The summed E-state index contributed by atoms with van der Waals surface area (Å²) in [4.78, 5) is 28.3. The van der Waals surface area contributed by atoms with Crippen molar-refractivity contribution in [3.05, 3.63) is 58.7 Å². The van der Waals surface area contributed by atoms with Crippen LogP contribution < -0.4 is 9.47 Å². The second-order valence-electron chi connectivity index (χ2n) is 10.2. The van der Waals surface area contributed by atoms with Gasteiger partial charge < -0.3 is 24.6 Å². The molecule has 0 bridgehead atoms. The van der Waals surface area contributed by atoms with Gasteiger partial charge in [-0.1, -0.05) is 45.7 Å². The molecule has 35 heavy (non-hydrogen) atoms. The Bertz CT molecular complexity index is 1190. The lowest BCUT2D eigenvalue weighted by Gasteiger charge is -2.31. The predicted molar refractivity (Wildman–Crippen MR) is 133 cm³/mol. The average Bonchev–Trinajstić information content (AvgIpc) is 3.44. The molecule has 1 aliphatic heterocycles. The number of aromatic hydroxyl groups is 1. The van der Waals surface area contributed by atoms with Gasteiger partial charge >= 0.3 is 0 Å². The molecule has 2 N–H and O–H groups in total. The SMILES string of the molecule is COc1ccc(C2/C(=C(\O)c3cc(C(C)(C)C)ccc3OC)C(=O)C(=O)N2C2CCCC2)cc1O. The number of rotatable bonds is 5. The first kappa shape index (κ1) is 24.6. The summed E-state index contributed by atoms with van der Waals surface area (Å²) < 4.78 is 10.7. The second kappa shape index (κ2) is 9.29. The average molecular weight is 480 g/mol. The lowest BCUT2D eigenvalue weighted by atomic mass is 9.85. The van der Waals surface area contributed by atoms with E-state index < -0.39 is 17.7 Å². The van der Waals surface area contributed by atoms with E-state index in [1.807, 2.05) is 6.07 Å². The Morgan fingerprint density at radius 2 is 1.60 bits per heavy atom. The van der Waals surface area contributed by atoms with Gasteiger partial charge in [0.25, 0.3) is 11.7 Å². The van der Waals surface area contributed by atoms with Gasteiger partial charge in [0, 0.05) is 6.04 Å². The van der Waals surface area contributed by atoms with Gasteiger partial charge in [-0.2, -0.15) is 0 Å². The van der Waals surface area contributed by atoms with Crippen molar-refractivity contribution in [3.63, 3.8) is 0 Å². The molecule has 186 valence electrons. The molecule has 1 saturated heterocycles. The number of phenols is 1. The van der Waals surface area contributed by atoms with E-state index in [2.05, 4.69) is 20.8 Å². The number of aliphatic hydroxyl groups excluding tert-OH is 1. The van der Waals surface area contributed by atoms with Crippen molar-refractivity contribution >= 4 is 17.4 Å². The summed E-state index contributed by atoms with van der Waals surface area (Å²) in [6.45, 7) is 6.16. The topological polar surface area (TPSA) is 96.3 Å². The van der Waals surface area contributed by atoms with Gasteiger partial charge in [0.1, 0.15) is 11.5 Å². The largest absolute Gasteiger partial charge is 0.507 e. The quantitative estimate of drug-likeness (QED) is 0.353. The third-order valence-corrected chi connectivity index (χ3v) is 7.04. The summed E-state index contributed by atoms with van der Waals surface area (Å²) in [6.07, 6.45) is 3.51. The Morgan fingerprint density at radius 3 is 2.17 bits per heavy atom. The number of hydrogen-bond acceptors (Lipinski definition) is 6. The molecule has 1 saturated carbocycles. The number of benzene rings is 2. The van der Waals surface area contributed by atoms with Crippen molar-refractivity contribution in [3.8, 4) is 17.2 Å². The van der Waals surface area contributed by atoms with Crippen LogP contribution in [0.3, 0.4) is 0 Å². The van der Waals surface area contributed by atoms with Crippen LogP contribution in [0, 0.1) is 0 Å². The van der Waals surface area contributed by atoms with Gasteiger partial charge in [0.15, 0.2) is 11.5 Å². The number of carbonyl (C=O) groups excluding carboxylic acids is 2. The van der Waals surface area contributed by atoms with Crippen LogP contribution >= 0.6 is 0 Å². The molecule has 1 atom stereocenters. The van der Waals surface area contributed by atoms with E-state index in [1.54, 1.807) is 29.2 Å². The molecule has 2 aliphatic rings. The molecule has 1 aliphatic carbocycles. The predicted octanol–water partition coefficient (Wildman–Crippen LogP) is 5.07. The first-order valence-corrected chi connectivity index (χ1v) is 11.9. The van der Waals surface area contributed by atoms with Crippen molar-refractivity contribution in [1.82, 2.24) is 4.90 Å².